The third-order valence-electron chi connectivity index (χ3n) is 12.4. The molecule has 3 N–H and O–H groups in total. The number of carbonyl (C=O) groups is 2. The lowest BCUT2D eigenvalue weighted by Crippen LogP contribution is -2.77. The van der Waals surface area contributed by atoms with E-state index in [1.165, 1.54) is 0 Å². The number of ether oxygens (including phenoxy) is 2. The monoisotopic (exact) mass is 525 g/mol. The summed E-state index contributed by atoms with van der Waals surface area (Å²) in [5.74, 6) is -1.73. The number of allylic oxidation sites excluding steroid dienone is 2. The fourth-order valence-corrected chi connectivity index (χ4v) is 11.5. The smallest absolute Gasteiger partial charge is 0.333 e. The summed E-state index contributed by atoms with van der Waals surface area (Å²) in [6, 6.07) is -0.227. The van der Waals surface area contributed by atoms with Crippen molar-refractivity contribution in [3.05, 3.63) is 35.5 Å². The molecule has 8 heteroatoms. The van der Waals surface area contributed by atoms with E-state index in [-0.39, 0.29) is 17.9 Å². The summed E-state index contributed by atoms with van der Waals surface area (Å²) in [6.07, 6.45) is 2.53. The SMILES string of the molecule is C=C1C[C@]23C[C@H](O)[C@]4(O)[C@@]5(C)CN6C7C2[C@H]1[C@@H](OC(=O)/C(C)=C/C)[C@@H](OC(=O)/C(C)=C/C)C3[C@@]74C[C@]6(O)C5. The highest BCUT2D eigenvalue weighted by atomic mass is 16.6. The van der Waals surface area contributed by atoms with Gasteiger partial charge in [0.05, 0.1) is 6.10 Å². The Morgan fingerprint density at radius 3 is 2.26 bits per heavy atom. The molecule has 0 aromatic carbocycles. The highest BCUT2D eigenvalue weighted by Gasteiger charge is 2.96. The van der Waals surface area contributed by atoms with Crippen LogP contribution in [-0.4, -0.2) is 74.4 Å². The molecule has 0 amide bonds. The predicted molar refractivity (Wildman–Crippen MR) is 136 cm³/mol. The molecule has 5 saturated carbocycles. The van der Waals surface area contributed by atoms with Crippen molar-refractivity contribution in [1.29, 1.82) is 0 Å². The van der Waals surface area contributed by atoms with Crippen LogP contribution >= 0.6 is 0 Å². The number of aliphatic hydroxyl groups excluding tert-OH is 1. The summed E-state index contributed by atoms with van der Waals surface area (Å²) in [7, 11) is 0. The second kappa shape index (κ2) is 7.00. The van der Waals surface area contributed by atoms with E-state index in [9.17, 15) is 24.9 Å². The molecule has 0 radical (unpaired) electrons. The summed E-state index contributed by atoms with van der Waals surface area (Å²) in [6.45, 7) is 13.9. The van der Waals surface area contributed by atoms with Gasteiger partial charge in [0, 0.05) is 52.8 Å². The lowest BCUT2D eigenvalue weighted by atomic mass is 9.40. The molecule has 38 heavy (non-hydrogen) atoms. The van der Waals surface area contributed by atoms with Crippen molar-refractivity contribution in [3.8, 4) is 0 Å². The first-order chi connectivity index (χ1) is 17.8. The van der Waals surface area contributed by atoms with Crippen LogP contribution in [-0.2, 0) is 19.1 Å². The second-order valence-electron chi connectivity index (χ2n) is 13.8. The predicted octanol–water partition coefficient (Wildman–Crippen LogP) is 2.23. The molecule has 206 valence electrons. The zero-order valence-electron chi connectivity index (χ0n) is 22.9. The molecule has 8 rings (SSSR count). The number of hydrogen-bond acceptors (Lipinski definition) is 8. The maximum Gasteiger partial charge on any atom is 0.333 e. The van der Waals surface area contributed by atoms with Gasteiger partial charge in [-0.05, 0) is 58.3 Å². The van der Waals surface area contributed by atoms with Crippen LogP contribution in [0.4, 0.5) is 0 Å². The first-order valence-corrected chi connectivity index (χ1v) is 14.0. The van der Waals surface area contributed by atoms with Crippen LogP contribution in [0.2, 0.25) is 0 Å². The van der Waals surface area contributed by atoms with Crippen molar-refractivity contribution in [3.63, 3.8) is 0 Å². The molecule has 8 bridgehead atoms. The first-order valence-electron chi connectivity index (χ1n) is 14.0. The molecule has 0 aromatic rings. The van der Waals surface area contributed by atoms with E-state index < -0.39 is 63.7 Å². The summed E-state index contributed by atoms with van der Waals surface area (Å²) in [5, 5.41) is 36.5. The van der Waals surface area contributed by atoms with Gasteiger partial charge in [0.25, 0.3) is 0 Å². The highest BCUT2D eigenvalue weighted by Crippen LogP contribution is 2.88. The van der Waals surface area contributed by atoms with Gasteiger partial charge in [-0.25, -0.2) is 9.59 Å². The minimum atomic E-state index is -1.46. The molecular formula is C30H39NO7. The molecular weight excluding hydrogens is 486 g/mol. The normalized spacial score (nSPS) is 57.0. The lowest BCUT2D eigenvalue weighted by molar-refractivity contribution is -0.311. The Hall–Kier alpha value is -2.00. The Kier molecular flexibility index (Phi) is 4.61. The van der Waals surface area contributed by atoms with Crippen molar-refractivity contribution in [2.75, 3.05) is 6.54 Å². The van der Waals surface area contributed by atoms with Gasteiger partial charge in [0.1, 0.15) is 23.5 Å². The number of rotatable bonds is 4. The van der Waals surface area contributed by atoms with Crippen LogP contribution in [0, 0.1) is 34.0 Å². The molecule has 8 aliphatic rings. The number of nitrogens with zero attached hydrogens (tertiary/aromatic N) is 1. The van der Waals surface area contributed by atoms with E-state index in [2.05, 4.69) is 11.5 Å². The third kappa shape index (κ3) is 2.30. The topological polar surface area (TPSA) is 117 Å². The van der Waals surface area contributed by atoms with Crippen molar-refractivity contribution in [2.45, 2.75) is 96.0 Å². The second-order valence-corrected chi connectivity index (χ2v) is 13.8. The molecule has 3 heterocycles. The molecule has 3 saturated heterocycles. The highest BCUT2D eigenvalue weighted by molar-refractivity contribution is 5.89. The Labute approximate surface area is 223 Å². The standard InChI is InChI=1S/C30H39NO7/c1-7-14(3)24(33)37-20-18-16(5)9-27-10-17(32)30(36)26(6)11-28(35)12-29(30,23(19(18)27)31(28)13-26)22(27)21(20)38-25(34)15(4)8-2/h7-8,17-23,32,35-36H,5,9-13H2,1-4,6H3/b14-7+,15-8+/t17-,18-,19?,20+,21+,22?,23?,26+,27-,28+,29-,30-/m0/s1. The van der Waals surface area contributed by atoms with E-state index in [0.29, 0.717) is 43.4 Å². The maximum absolute atomic E-state index is 13.3. The average Bonchev–Trinajstić information content (AvgIpc) is 3.35. The molecule has 4 unspecified atom stereocenters. The van der Waals surface area contributed by atoms with Gasteiger partial charge in [-0.3, -0.25) is 4.90 Å². The van der Waals surface area contributed by atoms with Gasteiger partial charge in [0.15, 0.2) is 0 Å². The quantitative estimate of drug-likeness (QED) is 0.291. The fraction of sp³-hybridized carbons (Fsp3) is 0.733. The molecule has 5 aliphatic carbocycles. The number of carbonyl (C=O) groups excluding carboxylic acids is 2. The Bertz CT molecular complexity index is 1260. The first kappa shape index (κ1) is 25.0. The van der Waals surface area contributed by atoms with Gasteiger partial charge in [0.2, 0.25) is 0 Å². The van der Waals surface area contributed by atoms with E-state index in [0.717, 1.165) is 5.57 Å². The third-order valence-corrected chi connectivity index (χ3v) is 12.4. The maximum atomic E-state index is 13.3. The summed E-state index contributed by atoms with van der Waals surface area (Å²) in [5.41, 5.74) is -2.78. The summed E-state index contributed by atoms with van der Waals surface area (Å²) in [4.78, 5) is 28.7. The summed E-state index contributed by atoms with van der Waals surface area (Å²) >= 11 is 0. The van der Waals surface area contributed by atoms with Gasteiger partial charge < -0.3 is 24.8 Å². The largest absolute Gasteiger partial charge is 0.455 e. The molecule has 3 aliphatic heterocycles. The van der Waals surface area contributed by atoms with Gasteiger partial charge in [-0.1, -0.05) is 31.2 Å². The van der Waals surface area contributed by atoms with Crippen LogP contribution < -0.4 is 0 Å². The van der Waals surface area contributed by atoms with Gasteiger partial charge in [-0.2, -0.15) is 0 Å². The zero-order chi connectivity index (χ0) is 27.4. The average molecular weight is 526 g/mol. The van der Waals surface area contributed by atoms with Crippen molar-refractivity contribution in [1.82, 2.24) is 4.90 Å². The fourth-order valence-electron chi connectivity index (χ4n) is 11.5. The van der Waals surface area contributed by atoms with Gasteiger partial charge in [-0.15, -0.1) is 0 Å². The van der Waals surface area contributed by atoms with Crippen LogP contribution in [0.25, 0.3) is 0 Å². The number of piperidine rings is 1. The van der Waals surface area contributed by atoms with Gasteiger partial charge >= 0.3 is 11.9 Å². The van der Waals surface area contributed by atoms with Crippen LogP contribution in [0.15, 0.2) is 35.5 Å². The minimum absolute atomic E-state index is 0.0816. The molecule has 2 spiro atoms. The van der Waals surface area contributed by atoms with E-state index in [4.69, 9.17) is 9.47 Å². The van der Waals surface area contributed by atoms with E-state index in [1.807, 2.05) is 6.92 Å². The molecule has 0 aromatic heterocycles. The van der Waals surface area contributed by atoms with E-state index in [1.54, 1.807) is 39.8 Å². The van der Waals surface area contributed by atoms with Crippen molar-refractivity contribution >= 4 is 11.9 Å². The van der Waals surface area contributed by atoms with Crippen LogP contribution in [0.1, 0.15) is 60.3 Å². The summed E-state index contributed by atoms with van der Waals surface area (Å²) < 4.78 is 12.6. The van der Waals surface area contributed by atoms with Crippen molar-refractivity contribution in [2.24, 2.45) is 34.0 Å². The van der Waals surface area contributed by atoms with E-state index >= 15 is 0 Å². The lowest BCUT2D eigenvalue weighted by Gasteiger charge is -2.67. The number of esters is 2. The minimum Gasteiger partial charge on any atom is -0.455 e. The van der Waals surface area contributed by atoms with Crippen molar-refractivity contribution < 1.29 is 34.4 Å². The number of aliphatic hydroxyl groups is 3. The van der Waals surface area contributed by atoms with Crippen LogP contribution in [0.5, 0.6) is 0 Å². The molecule has 8 nitrogen and oxygen atoms in total. The Morgan fingerprint density at radius 2 is 1.66 bits per heavy atom. The Balaban J connectivity index is 1.46. The Morgan fingerprint density at radius 1 is 1.05 bits per heavy atom. The van der Waals surface area contributed by atoms with Crippen LogP contribution in [0.3, 0.4) is 0 Å². The number of hydrogen-bond donors (Lipinski definition) is 3. The molecule has 13 atom stereocenters. The zero-order valence-corrected chi connectivity index (χ0v) is 22.9. The molecule has 8 fully saturated rings.